The number of methoxy groups -OCH3 is 3. The third-order valence-corrected chi connectivity index (χ3v) is 22.4. The number of unbranched alkanes of at least 4 members (excludes halogenated alkanes) is 2. The number of aromatic hydroxyl groups is 3. The molecule has 0 spiro atoms. The highest BCUT2D eigenvalue weighted by Gasteiger charge is 2.70. The van der Waals surface area contributed by atoms with Gasteiger partial charge in [0.25, 0.3) is 17.7 Å². The van der Waals surface area contributed by atoms with Crippen molar-refractivity contribution in [1.29, 1.82) is 0 Å². The highest BCUT2D eigenvalue weighted by molar-refractivity contribution is 6.05. The van der Waals surface area contributed by atoms with Gasteiger partial charge in [-0.1, -0.05) is 33.6 Å². The number of ether oxygens (including phenoxy) is 12. The second-order valence-corrected chi connectivity index (χ2v) is 30.0. The molecule has 0 heterocycles. The van der Waals surface area contributed by atoms with Crippen LogP contribution in [0.15, 0.2) is 41.4 Å². The monoisotopic (exact) mass is 1680 g/mol. The topological polar surface area (TPSA) is 575 Å². The van der Waals surface area contributed by atoms with Gasteiger partial charge in [-0.3, -0.25) is 48.1 Å². The standard InChI is InChI=1S/C79H115N13O27/c1-9-10-11-24-83-45-79(76(2,3)119-75(107)89-41-60(95)86-27-30-113-33-36-116-44-63(98)92-53-14-17-56(110-8)66(69(53)101)72(82)104)23-20-49-47-38-57(118-74(106)88-40-59(94)85-26-29-112-32-35-115-43-62(97)91-52-13-16-55(109-7)65(68(52)100)71(81)103)50-37-46(18-21-77(50,4)48(47)19-22-78(49,79)5)117-73(105)87-39-58(93)84-25-28-111-31-34-114-42-61(96)90-51-12-15-54(108-6)64(67(51)99)70(80)102/h12-17,45-50,57,99-101H,9-11,18-44H2,1-8H3,(H2,80,102)(H2,81,103)(H2,82,104)(H,84,93)(H,85,94)(H,86,95)(H,87,105)(H,88,106)(H,89,107)(H,90,96)(H,91,97)(H,92,98). The Morgan fingerprint density at radius 1 is 0.479 bits per heavy atom. The zero-order chi connectivity index (χ0) is 87.0. The highest BCUT2D eigenvalue weighted by Crippen LogP contribution is 2.73. The fourth-order valence-electron chi connectivity index (χ4n) is 16.7. The molecule has 18 N–H and O–H groups in total. The number of hydrogen-bond donors (Lipinski definition) is 15. The van der Waals surface area contributed by atoms with Crippen molar-refractivity contribution in [3.8, 4) is 34.5 Å². The van der Waals surface area contributed by atoms with Gasteiger partial charge in [0, 0.05) is 38.3 Å². The van der Waals surface area contributed by atoms with Crippen LogP contribution in [0.5, 0.6) is 34.5 Å². The number of aliphatic imine (C=N–C) groups is 1. The van der Waals surface area contributed by atoms with Crippen molar-refractivity contribution >= 4 is 94.7 Å². The third kappa shape index (κ3) is 26.0. The van der Waals surface area contributed by atoms with Gasteiger partial charge >= 0.3 is 18.3 Å². The molecular formula is C79H115N13O27. The third-order valence-electron chi connectivity index (χ3n) is 22.4. The molecule has 3 aromatic rings. The molecule has 12 amide bonds. The number of rotatable bonds is 48. The number of alkyl carbamates (subject to hydrolysis) is 3. The van der Waals surface area contributed by atoms with Gasteiger partial charge < -0.3 is 137 Å². The molecule has 0 bridgehead atoms. The number of phenols is 3. The molecule has 7 rings (SSSR count). The van der Waals surface area contributed by atoms with Crippen molar-refractivity contribution < 1.29 is 130 Å². The summed E-state index contributed by atoms with van der Waals surface area (Å²) in [5, 5.41) is 54.5. The smallest absolute Gasteiger partial charge is 0.408 e. The lowest BCUT2D eigenvalue weighted by atomic mass is 9.42. The van der Waals surface area contributed by atoms with Gasteiger partial charge in [-0.25, -0.2) is 14.4 Å². The van der Waals surface area contributed by atoms with Crippen molar-refractivity contribution in [1.82, 2.24) is 31.9 Å². The molecule has 40 heteroatoms. The number of carbonyl (C=O) groups excluding carboxylic acids is 12. The number of benzene rings is 3. The SMILES string of the molecule is CCCCCN=CC1(C(C)(C)OC(=O)NCC(=O)NCCOCCOCC(=O)Nc2ccc(OC)c(C(N)=O)c2O)CCC2C3CC(OC(=O)NCC(=O)NCCOCCOCC(=O)Nc4ccc(OC)c(C(N)=O)c4O)C4CC(OC(=O)NCC(=O)NCCOCCOCC(=O)Nc5ccc(OC)c(C(N)=O)c5O)CCC4(C)C3CCC21C. The maximum absolute atomic E-state index is 14.1. The number of anilines is 3. The van der Waals surface area contributed by atoms with Gasteiger partial charge in [0.2, 0.25) is 35.4 Å². The van der Waals surface area contributed by atoms with Crippen LogP contribution >= 0.6 is 0 Å². The second kappa shape index (κ2) is 45.8. The van der Waals surface area contributed by atoms with Crippen LogP contribution in [0.3, 0.4) is 0 Å². The second-order valence-electron chi connectivity index (χ2n) is 30.0. The molecule has 0 radical (unpaired) electrons. The first-order chi connectivity index (χ1) is 56.8. The molecule has 3 aromatic carbocycles. The molecule has 0 saturated heterocycles. The van der Waals surface area contributed by atoms with E-state index in [4.69, 9.17) is 79.0 Å². The first-order valence-corrected chi connectivity index (χ1v) is 39.4. The van der Waals surface area contributed by atoms with Crippen LogP contribution in [-0.2, 0) is 71.4 Å². The summed E-state index contributed by atoms with van der Waals surface area (Å²) in [6, 6.07) is 8.08. The Labute approximate surface area is 688 Å². The Hall–Kier alpha value is -11.1. The van der Waals surface area contributed by atoms with Gasteiger partial charge in [0.1, 0.15) is 71.6 Å². The highest BCUT2D eigenvalue weighted by atomic mass is 16.6. The number of primary amides is 3. The number of hydrogen-bond acceptors (Lipinski definition) is 28. The van der Waals surface area contributed by atoms with Gasteiger partial charge in [-0.2, -0.15) is 0 Å². The summed E-state index contributed by atoms with van der Waals surface area (Å²) in [7, 11) is 3.87. The molecule has 119 heavy (non-hydrogen) atoms. The average molecular weight is 1680 g/mol. The van der Waals surface area contributed by atoms with Crippen LogP contribution in [-0.4, -0.2) is 257 Å². The van der Waals surface area contributed by atoms with Gasteiger partial charge in [0.05, 0.1) is 123 Å². The Balaban J connectivity index is 0.919. The van der Waals surface area contributed by atoms with Crippen LogP contribution in [0, 0.1) is 39.9 Å². The van der Waals surface area contributed by atoms with E-state index in [1.165, 1.54) is 57.7 Å². The quantitative estimate of drug-likeness (QED) is 0.0167. The number of carbonyl (C=O) groups is 12. The molecule has 4 aliphatic rings. The maximum Gasteiger partial charge on any atom is 0.408 e. The fourth-order valence-corrected chi connectivity index (χ4v) is 16.7. The first kappa shape index (κ1) is 95.1. The fraction of sp³-hybridized carbons (Fsp3) is 0.608. The number of nitrogens with zero attached hydrogens (tertiary/aromatic N) is 1. The lowest BCUT2D eigenvalue weighted by molar-refractivity contribution is -0.184. The molecule has 4 aliphatic carbocycles. The summed E-state index contributed by atoms with van der Waals surface area (Å²) in [5.41, 5.74) is 11.8. The first-order valence-electron chi connectivity index (χ1n) is 39.4. The molecule has 0 aliphatic heterocycles. The maximum atomic E-state index is 14.1. The van der Waals surface area contributed by atoms with Gasteiger partial charge in [-0.15, -0.1) is 0 Å². The van der Waals surface area contributed by atoms with Gasteiger partial charge in [-0.05, 0) is 137 Å². The van der Waals surface area contributed by atoms with E-state index in [9.17, 15) is 72.9 Å². The lowest BCUT2D eigenvalue weighted by Crippen LogP contribution is -2.63. The Morgan fingerprint density at radius 3 is 1.29 bits per heavy atom. The van der Waals surface area contributed by atoms with E-state index in [0.29, 0.717) is 51.5 Å². The molecule has 0 aromatic heterocycles. The molecule has 40 nitrogen and oxygen atoms in total. The molecule has 4 fully saturated rings. The van der Waals surface area contributed by atoms with E-state index in [0.717, 1.165) is 25.7 Å². The van der Waals surface area contributed by atoms with E-state index in [1.54, 1.807) is 0 Å². The van der Waals surface area contributed by atoms with Crippen LogP contribution in [0.4, 0.5) is 31.4 Å². The minimum atomic E-state index is -1.21. The van der Waals surface area contributed by atoms with Crippen LogP contribution in [0.1, 0.15) is 136 Å². The van der Waals surface area contributed by atoms with Crippen molar-refractivity contribution in [2.75, 3.05) is 162 Å². The Kier molecular flexibility index (Phi) is 36.6. The minimum Gasteiger partial charge on any atom is -0.505 e. The summed E-state index contributed by atoms with van der Waals surface area (Å²) in [6.45, 7) is 8.64. The Morgan fingerprint density at radius 2 is 0.882 bits per heavy atom. The summed E-state index contributed by atoms with van der Waals surface area (Å²) < 4.78 is 66.8. The van der Waals surface area contributed by atoms with E-state index in [2.05, 4.69) is 68.6 Å². The van der Waals surface area contributed by atoms with Crippen molar-refractivity contribution in [3.05, 3.63) is 53.1 Å². The molecule has 9 atom stereocenters. The van der Waals surface area contributed by atoms with Crippen molar-refractivity contribution in [3.63, 3.8) is 0 Å². The lowest BCUT2D eigenvalue weighted by Gasteiger charge is -2.64. The van der Waals surface area contributed by atoms with E-state index in [1.807, 2.05) is 20.1 Å². The van der Waals surface area contributed by atoms with Crippen molar-refractivity contribution in [2.45, 2.75) is 123 Å². The van der Waals surface area contributed by atoms with Gasteiger partial charge in [0.15, 0.2) is 17.2 Å². The average Bonchev–Trinajstić information content (AvgIpc) is 1.59. The zero-order valence-corrected chi connectivity index (χ0v) is 68.5. The largest absolute Gasteiger partial charge is 0.505 e. The summed E-state index contributed by atoms with van der Waals surface area (Å²) in [5.74, 6) is -8.39. The van der Waals surface area contributed by atoms with E-state index in [-0.39, 0.29) is 154 Å². The minimum absolute atomic E-state index is 0.00446. The zero-order valence-electron chi connectivity index (χ0n) is 68.5. The predicted molar refractivity (Wildman–Crippen MR) is 427 cm³/mol. The van der Waals surface area contributed by atoms with Crippen molar-refractivity contribution in [2.24, 2.45) is 62.1 Å². The number of amides is 12. The molecule has 658 valence electrons. The van der Waals surface area contributed by atoms with E-state index >= 15 is 0 Å². The predicted octanol–water partition coefficient (Wildman–Crippen LogP) is 3.38. The Bertz CT molecular complexity index is 4080. The molecule has 4 saturated carbocycles. The normalized spacial score (nSPS) is 20.9. The number of nitrogens with one attached hydrogen (secondary N) is 9. The van der Waals surface area contributed by atoms with E-state index < -0.39 is 162 Å². The van der Waals surface area contributed by atoms with Crippen LogP contribution in [0.25, 0.3) is 0 Å². The summed E-state index contributed by atoms with van der Waals surface area (Å²) >= 11 is 0. The summed E-state index contributed by atoms with van der Waals surface area (Å²) in [4.78, 5) is 159. The van der Waals surface area contributed by atoms with Crippen LogP contribution in [0.2, 0.25) is 0 Å². The molecular weight excluding hydrogens is 1560 g/mol. The number of fused-ring (bicyclic) bond motifs is 5. The number of nitrogens with two attached hydrogens (primary N) is 3. The summed E-state index contributed by atoms with van der Waals surface area (Å²) in [6.07, 6.45) is 5.22. The van der Waals surface area contributed by atoms with Crippen LogP contribution < -0.4 is 79.3 Å². The molecule has 9 unspecified atom stereocenters.